The van der Waals surface area contributed by atoms with Gasteiger partial charge in [-0.05, 0) is 32.2 Å². The molecule has 2 heterocycles. The van der Waals surface area contributed by atoms with Crippen LogP contribution in [0.25, 0.3) is 0 Å². The molecule has 2 N–H and O–H groups in total. The molecule has 19 heavy (non-hydrogen) atoms. The predicted molar refractivity (Wildman–Crippen MR) is 75.3 cm³/mol. The molecule has 0 saturated carbocycles. The molecule has 2 amide bonds. The van der Waals surface area contributed by atoms with E-state index in [0.29, 0.717) is 12.6 Å². The predicted octanol–water partition coefficient (Wildman–Crippen LogP) is 1.34. The Hall–Kier alpha value is -0.810. The Morgan fingerprint density at radius 3 is 3.00 bits per heavy atom. The van der Waals surface area contributed by atoms with Crippen LogP contribution >= 0.6 is 0 Å². The average molecular weight is 269 g/mol. The summed E-state index contributed by atoms with van der Waals surface area (Å²) in [5.74, 6) is 0. The van der Waals surface area contributed by atoms with E-state index >= 15 is 0 Å². The maximum Gasteiger partial charge on any atom is 0.317 e. The number of carbonyl (C=O) groups is 1. The second kappa shape index (κ2) is 7.70. The summed E-state index contributed by atoms with van der Waals surface area (Å²) < 4.78 is 5.31. The molecule has 0 bridgehead atoms. The number of nitrogens with zero attached hydrogens (tertiary/aromatic N) is 1. The first-order valence-electron chi connectivity index (χ1n) is 7.66. The van der Waals surface area contributed by atoms with Crippen molar-refractivity contribution in [1.82, 2.24) is 15.5 Å². The van der Waals surface area contributed by atoms with E-state index in [4.69, 9.17) is 4.74 Å². The van der Waals surface area contributed by atoms with Gasteiger partial charge in [0.15, 0.2) is 0 Å². The number of amides is 2. The lowest BCUT2D eigenvalue weighted by atomic mass is 10.2. The van der Waals surface area contributed by atoms with Crippen molar-refractivity contribution in [3.63, 3.8) is 0 Å². The van der Waals surface area contributed by atoms with Gasteiger partial charge in [-0.1, -0.05) is 13.3 Å². The number of urea groups is 1. The highest BCUT2D eigenvalue weighted by atomic mass is 16.5. The summed E-state index contributed by atoms with van der Waals surface area (Å²) in [5, 5.41) is 6.56. The van der Waals surface area contributed by atoms with Crippen LogP contribution in [0.15, 0.2) is 0 Å². The molecule has 2 fully saturated rings. The van der Waals surface area contributed by atoms with Crippen LogP contribution < -0.4 is 10.6 Å². The molecule has 0 aromatic rings. The van der Waals surface area contributed by atoms with Crippen LogP contribution in [0.2, 0.25) is 0 Å². The maximum absolute atomic E-state index is 12.3. The highest BCUT2D eigenvalue weighted by Gasteiger charge is 2.24. The van der Waals surface area contributed by atoms with Crippen molar-refractivity contribution >= 4 is 6.03 Å². The van der Waals surface area contributed by atoms with Crippen LogP contribution in [0.1, 0.15) is 39.0 Å². The fourth-order valence-electron chi connectivity index (χ4n) is 2.72. The molecule has 2 atom stereocenters. The molecule has 0 aromatic heterocycles. The zero-order chi connectivity index (χ0) is 13.5. The number of carbonyl (C=O) groups excluding carboxylic acids is 1. The molecule has 0 aromatic carbocycles. The van der Waals surface area contributed by atoms with Gasteiger partial charge in [0.05, 0.1) is 12.6 Å². The Morgan fingerprint density at radius 2 is 2.37 bits per heavy atom. The second-order valence-corrected chi connectivity index (χ2v) is 5.60. The molecule has 2 aliphatic heterocycles. The molecule has 2 aliphatic rings. The van der Waals surface area contributed by atoms with Crippen LogP contribution in [0, 0.1) is 0 Å². The van der Waals surface area contributed by atoms with Gasteiger partial charge in [0.25, 0.3) is 0 Å². The van der Waals surface area contributed by atoms with E-state index in [0.717, 1.165) is 45.5 Å². The van der Waals surface area contributed by atoms with Crippen LogP contribution in [0.4, 0.5) is 4.79 Å². The van der Waals surface area contributed by atoms with Crippen molar-refractivity contribution < 1.29 is 9.53 Å². The lowest BCUT2D eigenvalue weighted by molar-refractivity contribution is 0.174. The molecule has 110 valence electrons. The van der Waals surface area contributed by atoms with Crippen LogP contribution in [0.3, 0.4) is 0 Å². The van der Waals surface area contributed by atoms with Crippen LogP contribution in [0.5, 0.6) is 0 Å². The normalized spacial score (nSPS) is 26.6. The number of ether oxygens (including phenoxy) is 1. The van der Waals surface area contributed by atoms with Crippen molar-refractivity contribution in [2.75, 3.05) is 32.8 Å². The molecule has 2 unspecified atom stereocenters. The smallest absolute Gasteiger partial charge is 0.317 e. The van der Waals surface area contributed by atoms with Gasteiger partial charge in [-0.25, -0.2) is 4.79 Å². The number of hydrogen-bond acceptors (Lipinski definition) is 3. The van der Waals surface area contributed by atoms with E-state index in [9.17, 15) is 4.79 Å². The van der Waals surface area contributed by atoms with E-state index in [2.05, 4.69) is 17.6 Å². The topological polar surface area (TPSA) is 53.6 Å². The third-order valence-electron chi connectivity index (χ3n) is 3.93. The third-order valence-corrected chi connectivity index (χ3v) is 3.93. The van der Waals surface area contributed by atoms with Gasteiger partial charge in [-0.3, -0.25) is 0 Å². The number of nitrogens with one attached hydrogen (secondary N) is 2. The maximum atomic E-state index is 12.3. The monoisotopic (exact) mass is 269 g/mol. The Balaban J connectivity index is 1.81. The first-order valence-corrected chi connectivity index (χ1v) is 7.66. The summed E-state index contributed by atoms with van der Waals surface area (Å²) in [6.07, 6.45) is 5.54. The van der Waals surface area contributed by atoms with Gasteiger partial charge in [-0.15, -0.1) is 0 Å². The highest BCUT2D eigenvalue weighted by Crippen LogP contribution is 2.09. The zero-order valence-corrected chi connectivity index (χ0v) is 12.0. The number of unbranched alkanes of at least 4 members (excludes halogenated alkanes) is 1. The molecule has 2 rings (SSSR count). The van der Waals surface area contributed by atoms with Crippen LogP contribution in [-0.2, 0) is 4.74 Å². The van der Waals surface area contributed by atoms with E-state index in [-0.39, 0.29) is 12.1 Å². The van der Waals surface area contributed by atoms with Gasteiger partial charge in [0.1, 0.15) is 0 Å². The standard InChI is InChI=1S/C14H27N3O2/c1-2-3-8-17(10-12-5-4-7-15-12)14(18)16-13-6-9-19-11-13/h12-13,15H,2-11H2,1H3,(H,16,18). The zero-order valence-electron chi connectivity index (χ0n) is 12.0. The molecule has 2 saturated heterocycles. The second-order valence-electron chi connectivity index (χ2n) is 5.60. The third kappa shape index (κ3) is 4.66. The van der Waals surface area contributed by atoms with Crippen molar-refractivity contribution in [2.45, 2.75) is 51.1 Å². The van der Waals surface area contributed by atoms with E-state index < -0.39 is 0 Å². The van der Waals surface area contributed by atoms with Crippen molar-refractivity contribution in [3.05, 3.63) is 0 Å². The summed E-state index contributed by atoms with van der Waals surface area (Å²) in [5.41, 5.74) is 0. The fraction of sp³-hybridized carbons (Fsp3) is 0.929. The van der Waals surface area contributed by atoms with E-state index in [1.807, 2.05) is 4.90 Å². The van der Waals surface area contributed by atoms with Crippen molar-refractivity contribution in [2.24, 2.45) is 0 Å². The van der Waals surface area contributed by atoms with Crippen LogP contribution in [-0.4, -0.2) is 55.9 Å². The molecule has 5 nitrogen and oxygen atoms in total. The largest absolute Gasteiger partial charge is 0.379 e. The summed E-state index contributed by atoms with van der Waals surface area (Å²) in [4.78, 5) is 14.3. The Kier molecular flexibility index (Phi) is 5.92. The lowest BCUT2D eigenvalue weighted by Gasteiger charge is -2.27. The molecule has 0 aliphatic carbocycles. The van der Waals surface area contributed by atoms with Gasteiger partial charge < -0.3 is 20.3 Å². The van der Waals surface area contributed by atoms with Crippen molar-refractivity contribution in [3.8, 4) is 0 Å². The summed E-state index contributed by atoms with van der Waals surface area (Å²) in [6, 6.07) is 0.758. The molecule has 5 heteroatoms. The molecule has 0 spiro atoms. The van der Waals surface area contributed by atoms with E-state index in [1.165, 1.54) is 12.8 Å². The fourth-order valence-corrected chi connectivity index (χ4v) is 2.72. The van der Waals surface area contributed by atoms with Gasteiger partial charge in [-0.2, -0.15) is 0 Å². The molecular weight excluding hydrogens is 242 g/mol. The first-order chi connectivity index (χ1) is 9.29. The lowest BCUT2D eigenvalue weighted by Crippen LogP contribution is -2.49. The summed E-state index contributed by atoms with van der Waals surface area (Å²) in [7, 11) is 0. The minimum Gasteiger partial charge on any atom is -0.379 e. The average Bonchev–Trinajstić information content (AvgIpc) is 3.07. The van der Waals surface area contributed by atoms with Gasteiger partial charge in [0, 0.05) is 25.7 Å². The number of rotatable bonds is 6. The minimum atomic E-state index is 0.0812. The van der Waals surface area contributed by atoms with Gasteiger partial charge in [0.2, 0.25) is 0 Å². The van der Waals surface area contributed by atoms with Crippen molar-refractivity contribution in [1.29, 1.82) is 0 Å². The Bertz CT molecular complexity index is 274. The highest BCUT2D eigenvalue weighted by molar-refractivity contribution is 5.74. The minimum absolute atomic E-state index is 0.0812. The summed E-state index contributed by atoms with van der Waals surface area (Å²) >= 11 is 0. The quantitative estimate of drug-likeness (QED) is 0.765. The Morgan fingerprint density at radius 1 is 1.47 bits per heavy atom. The van der Waals surface area contributed by atoms with Gasteiger partial charge >= 0.3 is 6.03 Å². The Labute approximate surface area is 116 Å². The molecule has 0 radical (unpaired) electrons. The number of hydrogen-bond donors (Lipinski definition) is 2. The summed E-state index contributed by atoms with van der Waals surface area (Å²) in [6.45, 7) is 6.37. The molecular formula is C14H27N3O2. The first kappa shape index (κ1) is 14.6. The van der Waals surface area contributed by atoms with E-state index in [1.54, 1.807) is 0 Å². The SMILES string of the molecule is CCCCN(CC1CCCN1)C(=O)NC1CCOC1.